The van der Waals surface area contributed by atoms with Gasteiger partial charge >= 0.3 is 12.2 Å². The number of nitrogens with zero attached hydrogens (tertiary/aromatic N) is 3. The van der Waals surface area contributed by atoms with E-state index in [2.05, 4.69) is 20.8 Å². The molecule has 1 saturated heterocycles. The lowest BCUT2D eigenvalue weighted by molar-refractivity contribution is -0.148. The summed E-state index contributed by atoms with van der Waals surface area (Å²) in [4.78, 5) is 13.1. The number of piperidine rings is 1. The maximum atomic E-state index is 12.3. The first-order chi connectivity index (χ1) is 10.8. The summed E-state index contributed by atoms with van der Waals surface area (Å²) in [5.74, 6) is 0.351. The maximum absolute atomic E-state index is 12.3. The monoisotopic (exact) mass is 351 g/mol. The Kier molecular flexibility index (Phi) is 6.17. The first-order valence-electron chi connectivity index (χ1n) is 7.46. The minimum absolute atomic E-state index is 0.337. The summed E-state index contributed by atoms with van der Waals surface area (Å²) < 4.78 is 36.9. The fourth-order valence-electron chi connectivity index (χ4n) is 2.56. The van der Waals surface area contributed by atoms with Crippen molar-refractivity contribution in [3.05, 3.63) is 5.01 Å². The number of aromatic nitrogens is 2. The van der Waals surface area contributed by atoms with Gasteiger partial charge in [0.1, 0.15) is 5.01 Å². The third kappa shape index (κ3) is 6.69. The Balaban J connectivity index is 1.59. The summed E-state index contributed by atoms with van der Waals surface area (Å²) in [5.41, 5.74) is 0. The molecule has 0 unspecified atom stereocenters. The van der Waals surface area contributed by atoms with Crippen molar-refractivity contribution < 1.29 is 18.0 Å². The predicted molar refractivity (Wildman–Crippen MR) is 81.5 cm³/mol. The van der Waals surface area contributed by atoms with Crippen molar-refractivity contribution in [3.63, 3.8) is 0 Å². The number of anilines is 1. The van der Waals surface area contributed by atoms with Crippen LogP contribution in [-0.2, 0) is 0 Å². The fraction of sp³-hybridized carbons (Fsp3) is 0.769. The number of urea groups is 1. The highest BCUT2D eigenvalue weighted by Gasteiger charge is 2.32. The molecule has 0 saturated carbocycles. The molecule has 2 amide bonds. The highest BCUT2D eigenvalue weighted by Crippen LogP contribution is 2.24. The number of alkyl halides is 3. The van der Waals surface area contributed by atoms with E-state index in [-0.39, 0.29) is 6.03 Å². The van der Waals surface area contributed by atoms with E-state index in [1.807, 2.05) is 0 Å². The maximum Gasteiger partial charge on any atom is 0.401 e. The van der Waals surface area contributed by atoms with Crippen LogP contribution in [0.5, 0.6) is 0 Å². The van der Waals surface area contributed by atoms with Crippen LogP contribution in [0.1, 0.15) is 24.3 Å². The Bertz CT molecular complexity index is 514. The fourth-order valence-corrected chi connectivity index (χ4v) is 3.15. The van der Waals surface area contributed by atoms with Crippen molar-refractivity contribution in [2.24, 2.45) is 5.92 Å². The van der Waals surface area contributed by atoms with Gasteiger partial charge in [-0.15, -0.1) is 10.2 Å². The Labute approximate surface area is 136 Å². The molecule has 1 aliphatic heterocycles. The second kappa shape index (κ2) is 7.91. The van der Waals surface area contributed by atoms with Crippen LogP contribution in [-0.4, -0.2) is 53.5 Å². The van der Waals surface area contributed by atoms with Crippen LogP contribution in [0.2, 0.25) is 0 Å². The molecule has 1 aromatic heterocycles. The topological polar surface area (TPSA) is 70.1 Å². The molecule has 0 aromatic carbocycles. The molecule has 10 heteroatoms. The van der Waals surface area contributed by atoms with Crippen LogP contribution in [0.4, 0.5) is 23.1 Å². The zero-order chi connectivity index (χ0) is 16.9. The average molecular weight is 351 g/mol. The SMILES string of the molecule is Cc1nnc(NC(=O)NCCC2CCN(CC(F)(F)F)CC2)s1. The summed E-state index contributed by atoms with van der Waals surface area (Å²) in [7, 11) is 0. The van der Waals surface area contributed by atoms with E-state index in [1.54, 1.807) is 6.92 Å². The third-order valence-electron chi connectivity index (χ3n) is 3.69. The molecule has 1 fully saturated rings. The lowest BCUT2D eigenvalue weighted by Gasteiger charge is -2.32. The molecule has 6 nitrogen and oxygen atoms in total. The van der Waals surface area contributed by atoms with Crippen LogP contribution in [0.3, 0.4) is 0 Å². The minimum atomic E-state index is -4.13. The lowest BCUT2D eigenvalue weighted by atomic mass is 9.93. The van der Waals surface area contributed by atoms with E-state index in [9.17, 15) is 18.0 Å². The van der Waals surface area contributed by atoms with E-state index < -0.39 is 12.7 Å². The smallest absolute Gasteiger partial charge is 0.338 e. The third-order valence-corrected chi connectivity index (χ3v) is 4.45. The van der Waals surface area contributed by atoms with Crippen LogP contribution in [0.15, 0.2) is 0 Å². The number of likely N-dealkylation sites (tertiary alicyclic amines) is 1. The number of aryl methyl sites for hydroxylation is 1. The van der Waals surface area contributed by atoms with Gasteiger partial charge in [-0.25, -0.2) is 4.79 Å². The second-order valence-electron chi connectivity index (χ2n) is 5.63. The molecule has 23 heavy (non-hydrogen) atoms. The molecule has 1 aliphatic rings. The number of amides is 2. The molecule has 2 rings (SSSR count). The van der Waals surface area contributed by atoms with E-state index >= 15 is 0 Å². The molecular formula is C13H20F3N5OS. The van der Waals surface area contributed by atoms with Crippen LogP contribution in [0, 0.1) is 12.8 Å². The number of nitrogens with one attached hydrogen (secondary N) is 2. The first-order valence-corrected chi connectivity index (χ1v) is 8.27. The van der Waals surface area contributed by atoms with Crippen molar-refractivity contribution in [3.8, 4) is 0 Å². The second-order valence-corrected chi connectivity index (χ2v) is 6.81. The van der Waals surface area contributed by atoms with Gasteiger partial charge in [0.05, 0.1) is 6.54 Å². The molecule has 0 radical (unpaired) electrons. The predicted octanol–water partition coefficient (Wildman–Crippen LogP) is 2.63. The van der Waals surface area contributed by atoms with Gasteiger partial charge in [-0.3, -0.25) is 10.2 Å². The number of carbonyl (C=O) groups is 1. The van der Waals surface area contributed by atoms with Crippen LogP contribution < -0.4 is 10.6 Å². The van der Waals surface area contributed by atoms with Crippen LogP contribution >= 0.6 is 11.3 Å². The van der Waals surface area contributed by atoms with Crippen molar-refractivity contribution in [2.75, 3.05) is 31.5 Å². The number of carbonyl (C=O) groups excluding carboxylic acids is 1. The van der Waals surface area contributed by atoms with Crippen molar-refractivity contribution in [1.29, 1.82) is 0 Å². The number of hydrogen-bond donors (Lipinski definition) is 2. The van der Waals surface area contributed by atoms with Gasteiger partial charge in [-0.1, -0.05) is 11.3 Å². The Morgan fingerprint density at radius 2 is 2.04 bits per heavy atom. The largest absolute Gasteiger partial charge is 0.401 e. The van der Waals surface area contributed by atoms with E-state index in [4.69, 9.17) is 0 Å². The molecule has 0 aliphatic carbocycles. The minimum Gasteiger partial charge on any atom is -0.338 e. The number of hydrogen-bond acceptors (Lipinski definition) is 5. The normalized spacial score (nSPS) is 17.2. The van der Waals surface area contributed by atoms with Gasteiger partial charge in [-0.2, -0.15) is 13.2 Å². The van der Waals surface area contributed by atoms with Gasteiger partial charge in [-0.05, 0) is 45.2 Å². The molecule has 2 heterocycles. The Morgan fingerprint density at radius 3 is 2.61 bits per heavy atom. The Morgan fingerprint density at radius 1 is 1.35 bits per heavy atom. The highest BCUT2D eigenvalue weighted by atomic mass is 32.1. The van der Waals surface area contributed by atoms with E-state index in [0.29, 0.717) is 30.7 Å². The highest BCUT2D eigenvalue weighted by molar-refractivity contribution is 7.15. The molecule has 0 bridgehead atoms. The van der Waals surface area contributed by atoms with Gasteiger partial charge in [0.15, 0.2) is 0 Å². The molecule has 0 atom stereocenters. The summed E-state index contributed by atoms with van der Waals surface area (Å²) in [6.07, 6.45) is -1.90. The lowest BCUT2D eigenvalue weighted by Crippen LogP contribution is -2.40. The summed E-state index contributed by atoms with van der Waals surface area (Å²) in [6, 6.07) is -0.337. The van der Waals surface area contributed by atoms with Gasteiger partial charge in [0, 0.05) is 6.54 Å². The van der Waals surface area contributed by atoms with E-state index in [1.165, 1.54) is 16.2 Å². The molecule has 0 spiro atoms. The first kappa shape index (κ1) is 17.9. The zero-order valence-corrected chi connectivity index (χ0v) is 13.6. The van der Waals surface area contributed by atoms with Gasteiger partial charge in [0.2, 0.25) is 5.13 Å². The number of halogens is 3. The van der Waals surface area contributed by atoms with Crippen molar-refractivity contribution in [2.45, 2.75) is 32.4 Å². The average Bonchev–Trinajstić information content (AvgIpc) is 2.84. The van der Waals surface area contributed by atoms with Crippen molar-refractivity contribution >= 4 is 22.5 Å². The quantitative estimate of drug-likeness (QED) is 0.856. The Hall–Kier alpha value is -1.42. The summed E-state index contributed by atoms with van der Waals surface area (Å²) in [5, 5.41) is 14.1. The molecule has 130 valence electrons. The summed E-state index contributed by atoms with van der Waals surface area (Å²) >= 11 is 1.29. The van der Waals surface area contributed by atoms with Gasteiger partial charge in [0.25, 0.3) is 0 Å². The molecular weight excluding hydrogens is 331 g/mol. The van der Waals surface area contributed by atoms with E-state index in [0.717, 1.165) is 24.3 Å². The molecule has 2 N–H and O–H groups in total. The molecule has 1 aromatic rings. The number of rotatable bonds is 5. The van der Waals surface area contributed by atoms with Gasteiger partial charge < -0.3 is 5.32 Å². The van der Waals surface area contributed by atoms with Crippen molar-refractivity contribution in [1.82, 2.24) is 20.4 Å². The standard InChI is InChI=1S/C13H20F3N5OS/c1-9-19-20-12(23-9)18-11(22)17-5-2-10-3-6-21(7-4-10)8-13(14,15)16/h10H,2-8H2,1H3,(H2,17,18,20,22). The van der Waals surface area contributed by atoms with Crippen LogP contribution in [0.25, 0.3) is 0 Å². The summed E-state index contributed by atoms with van der Waals surface area (Å²) in [6.45, 7) is 2.38. The zero-order valence-electron chi connectivity index (χ0n) is 12.8.